The van der Waals surface area contributed by atoms with Crippen LogP contribution < -0.4 is 4.90 Å². The van der Waals surface area contributed by atoms with Crippen molar-refractivity contribution in [3.8, 4) is 50.3 Å². The highest BCUT2D eigenvalue weighted by Gasteiger charge is 2.18. The van der Waals surface area contributed by atoms with Crippen LogP contribution in [0.25, 0.3) is 93.8 Å². The summed E-state index contributed by atoms with van der Waals surface area (Å²) in [4.78, 5) is 7.44. The maximum Gasteiger partial charge on any atom is 0.0710 e. The molecule has 0 spiro atoms. The number of hydrogen-bond donors (Lipinski definition) is 0. The molecule has 0 radical (unpaired) electrons. The zero-order valence-electron chi connectivity index (χ0n) is 35.0. The van der Waals surface area contributed by atoms with E-state index in [0.29, 0.717) is 0 Å². The molecule has 0 aliphatic carbocycles. The van der Waals surface area contributed by atoms with Crippen molar-refractivity contribution in [2.75, 3.05) is 4.90 Å². The van der Waals surface area contributed by atoms with Crippen LogP contribution in [0.2, 0.25) is 0 Å². The van der Waals surface area contributed by atoms with E-state index in [4.69, 9.17) is 4.98 Å². The number of rotatable bonds is 8. The molecule has 2 aromatic heterocycles. The molecular formula is C61H41N3. The van der Waals surface area contributed by atoms with E-state index in [9.17, 15) is 0 Å². The number of pyridine rings is 1. The van der Waals surface area contributed by atoms with Gasteiger partial charge < -0.3 is 9.47 Å². The molecule has 0 saturated heterocycles. The average Bonchev–Trinajstić information content (AvgIpc) is 3.70. The summed E-state index contributed by atoms with van der Waals surface area (Å²) in [6, 6.07) is 89.6. The van der Waals surface area contributed by atoms with Crippen molar-refractivity contribution < 1.29 is 0 Å². The van der Waals surface area contributed by atoms with Crippen LogP contribution in [-0.4, -0.2) is 9.55 Å². The fourth-order valence-electron chi connectivity index (χ4n) is 9.38. The minimum absolute atomic E-state index is 0.962. The molecule has 0 fully saturated rings. The summed E-state index contributed by atoms with van der Waals surface area (Å²) in [5.74, 6) is 0. The Hall–Kier alpha value is -8.53. The van der Waals surface area contributed by atoms with E-state index < -0.39 is 0 Å². The van der Waals surface area contributed by atoms with Gasteiger partial charge in [0.25, 0.3) is 0 Å². The van der Waals surface area contributed by atoms with E-state index in [1.807, 2.05) is 0 Å². The summed E-state index contributed by atoms with van der Waals surface area (Å²) in [7, 11) is 0. The van der Waals surface area contributed by atoms with Crippen molar-refractivity contribution >= 4 is 60.5 Å². The molecule has 0 unspecified atom stereocenters. The minimum atomic E-state index is 0.962. The zero-order chi connectivity index (χ0) is 42.4. The predicted molar refractivity (Wildman–Crippen MR) is 270 cm³/mol. The number of hydrogen-bond acceptors (Lipinski definition) is 2. The van der Waals surface area contributed by atoms with Gasteiger partial charge in [0.1, 0.15) is 0 Å². The van der Waals surface area contributed by atoms with Crippen LogP contribution in [-0.2, 0) is 0 Å². The molecule has 64 heavy (non-hydrogen) atoms. The molecular weight excluding hydrogens is 775 g/mol. The third-order valence-electron chi connectivity index (χ3n) is 12.6. The van der Waals surface area contributed by atoms with Crippen LogP contribution >= 0.6 is 0 Å². The van der Waals surface area contributed by atoms with E-state index in [1.54, 1.807) is 0 Å². The van der Waals surface area contributed by atoms with Gasteiger partial charge in [-0.1, -0.05) is 182 Å². The second-order valence-electron chi connectivity index (χ2n) is 16.4. The van der Waals surface area contributed by atoms with Gasteiger partial charge in [0.15, 0.2) is 0 Å². The second kappa shape index (κ2) is 15.7. The van der Waals surface area contributed by atoms with Crippen LogP contribution in [0.15, 0.2) is 249 Å². The van der Waals surface area contributed by atoms with Gasteiger partial charge in [0.2, 0.25) is 0 Å². The Balaban J connectivity index is 0.940. The molecule has 0 aliphatic heterocycles. The molecule has 3 nitrogen and oxygen atoms in total. The third-order valence-corrected chi connectivity index (χ3v) is 12.6. The summed E-state index contributed by atoms with van der Waals surface area (Å²) in [5, 5.41) is 6.00. The van der Waals surface area contributed by atoms with Crippen LogP contribution in [0, 0.1) is 0 Å². The number of anilines is 3. The first-order chi connectivity index (χ1) is 31.7. The standard InChI is InChI=1S/C61H41N3/c1-3-13-42(14-4-1)43-29-34-52(35-30-43)64-60-40-49(31-36-55(60)56-37-32-50(41-61(56)64)58-38-33-47-16-8-10-23-57(47)62-58)45-27-25-44(26-28-45)48-18-11-21-53(39-48)63(51-19-5-2-6-20-51)59-24-12-17-46-15-7-9-22-54(46)59/h1-41H. The maximum absolute atomic E-state index is 5.08. The predicted octanol–water partition coefficient (Wildman–Crippen LogP) is 16.6. The molecule has 0 bridgehead atoms. The number of fused-ring (bicyclic) bond motifs is 5. The first-order valence-electron chi connectivity index (χ1n) is 21.9. The average molecular weight is 816 g/mol. The van der Waals surface area contributed by atoms with Crippen LogP contribution in [0.4, 0.5) is 17.1 Å². The van der Waals surface area contributed by atoms with E-state index in [0.717, 1.165) is 61.5 Å². The Morgan fingerprint density at radius 1 is 0.312 bits per heavy atom. The van der Waals surface area contributed by atoms with Gasteiger partial charge >= 0.3 is 0 Å². The van der Waals surface area contributed by atoms with Gasteiger partial charge in [-0.3, -0.25) is 0 Å². The third kappa shape index (κ3) is 6.68. The summed E-state index contributed by atoms with van der Waals surface area (Å²) >= 11 is 0. The van der Waals surface area contributed by atoms with Gasteiger partial charge in [-0.05, 0) is 105 Å². The van der Waals surface area contributed by atoms with Crippen molar-refractivity contribution in [1.82, 2.24) is 9.55 Å². The van der Waals surface area contributed by atoms with Gasteiger partial charge in [0, 0.05) is 44.2 Å². The van der Waals surface area contributed by atoms with Crippen molar-refractivity contribution in [1.29, 1.82) is 0 Å². The van der Waals surface area contributed by atoms with Crippen molar-refractivity contribution in [2.24, 2.45) is 0 Å². The first-order valence-corrected chi connectivity index (χ1v) is 21.9. The lowest BCUT2D eigenvalue weighted by Gasteiger charge is -2.27. The second-order valence-corrected chi connectivity index (χ2v) is 16.4. The zero-order valence-corrected chi connectivity index (χ0v) is 35.0. The fourth-order valence-corrected chi connectivity index (χ4v) is 9.38. The van der Waals surface area contributed by atoms with Gasteiger partial charge in [-0.15, -0.1) is 0 Å². The lowest BCUT2D eigenvalue weighted by Crippen LogP contribution is -2.10. The number of nitrogens with zero attached hydrogens (tertiary/aromatic N) is 3. The molecule has 300 valence electrons. The maximum atomic E-state index is 5.08. The Morgan fingerprint density at radius 2 is 0.828 bits per heavy atom. The quantitative estimate of drug-likeness (QED) is 0.152. The minimum Gasteiger partial charge on any atom is -0.310 e. The van der Waals surface area contributed by atoms with Gasteiger partial charge in [-0.2, -0.15) is 0 Å². The monoisotopic (exact) mass is 815 g/mol. The number of benzene rings is 10. The Labute approximate surface area is 372 Å². The van der Waals surface area contributed by atoms with Crippen LogP contribution in [0.1, 0.15) is 0 Å². The molecule has 12 rings (SSSR count). The molecule has 3 heteroatoms. The summed E-state index contributed by atoms with van der Waals surface area (Å²) in [6.07, 6.45) is 0. The van der Waals surface area contributed by atoms with Crippen molar-refractivity contribution in [3.05, 3.63) is 249 Å². The van der Waals surface area contributed by atoms with Crippen LogP contribution in [0.5, 0.6) is 0 Å². The molecule has 0 atom stereocenters. The molecule has 12 aromatic rings. The highest BCUT2D eigenvalue weighted by atomic mass is 15.1. The number of aromatic nitrogens is 2. The van der Waals surface area contributed by atoms with Crippen LogP contribution in [0.3, 0.4) is 0 Å². The Morgan fingerprint density at radius 3 is 1.59 bits per heavy atom. The lowest BCUT2D eigenvalue weighted by molar-refractivity contribution is 1.18. The lowest BCUT2D eigenvalue weighted by atomic mass is 9.98. The smallest absolute Gasteiger partial charge is 0.0710 e. The van der Waals surface area contributed by atoms with E-state index >= 15 is 0 Å². The van der Waals surface area contributed by atoms with E-state index in [1.165, 1.54) is 49.4 Å². The summed E-state index contributed by atoms with van der Waals surface area (Å²) in [6.45, 7) is 0. The molecule has 0 aliphatic rings. The topological polar surface area (TPSA) is 21.1 Å². The normalized spacial score (nSPS) is 11.4. The Kier molecular flexibility index (Phi) is 9.16. The van der Waals surface area contributed by atoms with E-state index in [2.05, 4.69) is 258 Å². The summed E-state index contributed by atoms with van der Waals surface area (Å²) in [5.41, 5.74) is 16.9. The molecule has 0 amide bonds. The van der Waals surface area contributed by atoms with Gasteiger partial charge in [0.05, 0.1) is 27.9 Å². The highest BCUT2D eigenvalue weighted by Crippen LogP contribution is 2.41. The number of para-hydroxylation sites is 2. The molecule has 2 heterocycles. The highest BCUT2D eigenvalue weighted by molar-refractivity contribution is 6.11. The largest absolute Gasteiger partial charge is 0.310 e. The van der Waals surface area contributed by atoms with Crippen molar-refractivity contribution in [3.63, 3.8) is 0 Å². The molecule has 0 N–H and O–H groups in total. The fraction of sp³-hybridized carbons (Fsp3) is 0. The summed E-state index contributed by atoms with van der Waals surface area (Å²) < 4.78 is 2.42. The first kappa shape index (κ1) is 37.2. The SMILES string of the molecule is c1ccc(-c2ccc(-n3c4cc(-c5ccc(-c6cccc(N(c7ccccc7)c7cccc8ccccc78)c6)cc5)ccc4c4ccc(-c5ccc6ccccc6n5)cc43)cc2)cc1. The Bertz CT molecular complexity index is 3640. The molecule has 10 aromatic carbocycles. The van der Waals surface area contributed by atoms with E-state index in [-0.39, 0.29) is 0 Å². The molecule has 0 saturated carbocycles. The van der Waals surface area contributed by atoms with Gasteiger partial charge in [-0.25, -0.2) is 4.98 Å². The van der Waals surface area contributed by atoms with Crippen molar-refractivity contribution in [2.45, 2.75) is 0 Å².